The molecule has 3 N–H and O–H groups in total. The summed E-state index contributed by atoms with van der Waals surface area (Å²) in [6, 6.07) is 14.7. The molecule has 26 heavy (non-hydrogen) atoms. The van der Waals surface area contributed by atoms with E-state index < -0.39 is 0 Å². The van der Waals surface area contributed by atoms with E-state index in [1.165, 1.54) is 16.8 Å². The number of benzene rings is 2. The van der Waals surface area contributed by atoms with Crippen LogP contribution in [0.2, 0.25) is 0 Å². The molecular formula is C20H27IN4O. The Labute approximate surface area is 172 Å². The molecule has 6 heteroatoms. The van der Waals surface area contributed by atoms with Crippen LogP contribution in [-0.4, -0.2) is 32.3 Å². The highest BCUT2D eigenvalue weighted by atomic mass is 127. The van der Waals surface area contributed by atoms with Gasteiger partial charge < -0.3 is 20.7 Å². The lowest BCUT2D eigenvalue weighted by Gasteiger charge is -2.28. The lowest BCUT2D eigenvalue weighted by molar-refractivity contribution is 0.122. The highest BCUT2D eigenvalue weighted by molar-refractivity contribution is 14.0. The molecule has 0 spiro atoms. The third-order valence-electron chi connectivity index (χ3n) is 4.52. The molecule has 0 saturated carbocycles. The standard InChI is InChI=1S/C20H26N4O.HI/c1-15-3-6-18(13-16(15)2)23-20(21)22-14-17-4-7-19(8-5-17)24-9-11-25-12-10-24;/h3-8,13H,9-12,14H2,1-2H3,(H3,21,22,23);1H. The van der Waals surface area contributed by atoms with Crippen molar-refractivity contribution in [2.75, 3.05) is 36.5 Å². The summed E-state index contributed by atoms with van der Waals surface area (Å²) in [6.45, 7) is 8.24. The molecule has 0 aliphatic carbocycles. The van der Waals surface area contributed by atoms with Gasteiger partial charge >= 0.3 is 0 Å². The summed E-state index contributed by atoms with van der Waals surface area (Å²) in [5, 5.41) is 3.15. The van der Waals surface area contributed by atoms with Gasteiger partial charge in [0, 0.05) is 24.5 Å². The maximum atomic E-state index is 6.01. The molecule has 1 fully saturated rings. The van der Waals surface area contributed by atoms with Gasteiger partial charge in [-0.3, -0.25) is 0 Å². The lowest BCUT2D eigenvalue weighted by atomic mass is 10.1. The predicted octanol–water partition coefficient (Wildman–Crippen LogP) is 3.68. The predicted molar refractivity (Wildman–Crippen MR) is 120 cm³/mol. The molecule has 0 unspecified atom stereocenters. The van der Waals surface area contributed by atoms with Crippen LogP contribution >= 0.6 is 24.0 Å². The summed E-state index contributed by atoms with van der Waals surface area (Å²) in [6.07, 6.45) is 0. The van der Waals surface area contributed by atoms with Crippen molar-refractivity contribution in [3.63, 3.8) is 0 Å². The fraction of sp³-hybridized carbons (Fsp3) is 0.350. The first kappa shape index (κ1) is 20.5. The minimum Gasteiger partial charge on any atom is -0.378 e. The molecule has 0 bridgehead atoms. The molecule has 5 nitrogen and oxygen atoms in total. The van der Waals surface area contributed by atoms with Gasteiger partial charge in [-0.15, -0.1) is 24.0 Å². The summed E-state index contributed by atoms with van der Waals surface area (Å²) in [4.78, 5) is 6.77. The number of hydrogen-bond donors (Lipinski definition) is 2. The van der Waals surface area contributed by atoms with Crippen molar-refractivity contribution in [1.82, 2.24) is 0 Å². The highest BCUT2D eigenvalue weighted by Gasteiger charge is 2.10. The van der Waals surface area contributed by atoms with E-state index in [-0.39, 0.29) is 24.0 Å². The number of nitrogens with zero attached hydrogens (tertiary/aromatic N) is 2. The Morgan fingerprint density at radius 1 is 1.08 bits per heavy atom. The Kier molecular flexibility index (Phi) is 7.71. The number of nitrogens with two attached hydrogens (primary N) is 1. The van der Waals surface area contributed by atoms with Crippen LogP contribution in [0.25, 0.3) is 0 Å². The van der Waals surface area contributed by atoms with Gasteiger partial charge in [0.2, 0.25) is 0 Å². The molecule has 2 aromatic rings. The van der Waals surface area contributed by atoms with Gasteiger partial charge in [0.15, 0.2) is 5.96 Å². The van der Waals surface area contributed by atoms with Crippen LogP contribution in [0.15, 0.2) is 47.5 Å². The number of nitrogens with one attached hydrogen (secondary N) is 1. The average Bonchev–Trinajstić information content (AvgIpc) is 2.64. The van der Waals surface area contributed by atoms with Crippen LogP contribution < -0.4 is 16.0 Å². The molecule has 0 aromatic heterocycles. The van der Waals surface area contributed by atoms with Gasteiger partial charge in [-0.1, -0.05) is 18.2 Å². The fourth-order valence-electron chi connectivity index (χ4n) is 2.82. The van der Waals surface area contributed by atoms with Crippen LogP contribution in [0.4, 0.5) is 11.4 Å². The Bertz CT molecular complexity index is 740. The molecule has 1 aliphatic heterocycles. The van der Waals surface area contributed by atoms with Crippen molar-refractivity contribution in [3.05, 3.63) is 59.2 Å². The summed E-state index contributed by atoms with van der Waals surface area (Å²) in [7, 11) is 0. The lowest BCUT2D eigenvalue weighted by Crippen LogP contribution is -2.36. The second-order valence-electron chi connectivity index (χ2n) is 6.39. The molecule has 3 rings (SSSR count). The largest absolute Gasteiger partial charge is 0.378 e. The zero-order valence-corrected chi connectivity index (χ0v) is 17.7. The second-order valence-corrected chi connectivity index (χ2v) is 6.39. The zero-order chi connectivity index (χ0) is 17.6. The number of aliphatic imine (C=N–C) groups is 1. The monoisotopic (exact) mass is 466 g/mol. The van der Waals surface area contributed by atoms with E-state index in [4.69, 9.17) is 10.5 Å². The highest BCUT2D eigenvalue weighted by Crippen LogP contribution is 2.17. The summed E-state index contributed by atoms with van der Waals surface area (Å²) in [5.74, 6) is 0.431. The third kappa shape index (κ3) is 5.60. The Hall–Kier alpha value is -1.80. The van der Waals surface area contributed by atoms with Gasteiger partial charge in [0.05, 0.1) is 19.8 Å². The van der Waals surface area contributed by atoms with Crippen molar-refractivity contribution in [2.45, 2.75) is 20.4 Å². The van der Waals surface area contributed by atoms with Crippen molar-refractivity contribution in [1.29, 1.82) is 0 Å². The molecule has 1 aliphatic rings. The Morgan fingerprint density at radius 2 is 1.77 bits per heavy atom. The number of halogens is 1. The van der Waals surface area contributed by atoms with E-state index >= 15 is 0 Å². The minimum atomic E-state index is 0. The zero-order valence-electron chi connectivity index (χ0n) is 15.4. The number of aryl methyl sites for hydroxylation is 2. The topological polar surface area (TPSA) is 62.9 Å². The van der Waals surface area contributed by atoms with E-state index in [1.54, 1.807) is 0 Å². The van der Waals surface area contributed by atoms with Gasteiger partial charge in [-0.2, -0.15) is 0 Å². The molecule has 1 heterocycles. The molecule has 1 saturated heterocycles. The first-order chi connectivity index (χ1) is 12.1. The Morgan fingerprint density at radius 3 is 2.42 bits per heavy atom. The molecule has 0 radical (unpaired) electrons. The van der Waals surface area contributed by atoms with Gasteiger partial charge in [-0.05, 0) is 54.8 Å². The Balaban J connectivity index is 0.00000243. The maximum absolute atomic E-state index is 6.01. The van der Waals surface area contributed by atoms with Gasteiger partial charge in [0.25, 0.3) is 0 Å². The smallest absolute Gasteiger partial charge is 0.193 e. The van der Waals surface area contributed by atoms with E-state index in [0.29, 0.717) is 12.5 Å². The van der Waals surface area contributed by atoms with Gasteiger partial charge in [0.1, 0.15) is 0 Å². The molecule has 0 amide bonds. The van der Waals surface area contributed by atoms with Crippen LogP contribution in [0.5, 0.6) is 0 Å². The molecule has 140 valence electrons. The average molecular weight is 466 g/mol. The minimum absolute atomic E-state index is 0. The number of hydrogen-bond acceptors (Lipinski definition) is 3. The van der Waals surface area contributed by atoms with Crippen LogP contribution in [0.1, 0.15) is 16.7 Å². The van der Waals surface area contributed by atoms with Crippen molar-refractivity contribution >= 4 is 41.3 Å². The molecule has 2 aromatic carbocycles. The number of morpholine rings is 1. The third-order valence-corrected chi connectivity index (χ3v) is 4.52. The first-order valence-electron chi connectivity index (χ1n) is 8.67. The summed E-state index contributed by atoms with van der Waals surface area (Å²) < 4.78 is 5.39. The van der Waals surface area contributed by atoms with Crippen LogP contribution in [-0.2, 0) is 11.3 Å². The van der Waals surface area contributed by atoms with Crippen molar-refractivity contribution < 1.29 is 4.74 Å². The number of ether oxygens (including phenoxy) is 1. The van der Waals surface area contributed by atoms with Gasteiger partial charge in [-0.25, -0.2) is 4.99 Å². The number of guanidine groups is 1. The summed E-state index contributed by atoms with van der Waals surface area (Å²) >= 11 is 0. The van der Waals surface area contributed by atoms with E-state index in [2.05, 4.69) is 65.5 Å². The summed E-state index contributed by atoms with van der Waals surface area (Å²) in [5.41, 5.74) is 11.8. The number of rotatable bonds is 4. The van der Waals surface area contributed by atoms with Crippen LogP contribution in [0, 0.1) is 13.8 Å². The van der Waals surface area contributed by atoms with E-state index in [1.807, 2.05) is 6.07 Å². The quantitative estimate of drug-likeness (QED) is 0.410. The van der Waals surface area contributed by atoms with E-state index in [9.17, 15) is 0 Å². The van der Waals surface area contributed by atoms with Crippen molar-refractivity contribution in [2.24, 2.45) is 10.7 Å². The normalized spacial score (nSPS) is 14.7. The first-order valence-corrected chi connectivity index (χ1v) is 8.67. The fourth-order valence-corrected chi connectivity index (χ4v) is 2.82. The molecule has 0 atom stereocenters. The van der Waals surface area contributed by atoms with Crippen LogP contribution in [0.3, 0.4) is 0 Å². The number of anilines is 2. The maximum Gasteiger partial charge on any atom is 0.193 e. The second kappa shape index (κ2) is 9.78. The molecular weight excluding hydrogens is 439 g/mol. The van der Waals surface area contributed by atoms with E-state index in [0.717, 1.165) is 37.6 Å². The SMILES string of the molecule is Cc1ccc(NC(N)=NCc2ccc(N3CCOCC3)cc2)cc1C.I. The van der Waals surface area contributed by atoms with Crippen molar-refractivity contribution in [3.8, 4) is 0 Å².